The highest BCUT2D eigenvalue weighted by molar-refractivity contribution is 5.66. The van der Waals surface area contributed by atoms with Gasteiger partial charge in [0.05, 0.1) is 4.92 Å². The minimum Gasteiger partial charge on any atom is -0.258 e. The third kappa shape index (κ3) is 2.08. The Balaban J connectivity index is 2.54. The fourth-order valence-electron chi connectivity index (χ4n) is 1.61. The van der Waals surface area contributed by atoms with Gasteiger partial charge in [-0.1, -0.05) is 24.3 Å². The van der Waals surface area contributed by atoms with Gasteiger partial charge in [-0.2, -0.15) is 0 Å². The molecule has 79 valence electrons. The average Bonchev–Trinajstić information content (AvgIpc) is 2.29. The number of aryl methyl sites for hydroxylation is 1. The first kappa shape index (κ1) is 10.4. The van der Waals surface area contributed by atoms with Gasteiger partial charge in [-0.25, -0.2) is 0 Å². The lowest BCUT2D eigenvalue weighted by molar-refractivity contribution is -0.384. The molecule has 0 spiro atoms. The Labute approximate surface area is 93.5 Å². The van der Waals surface area contributed by atoms with Crippen LogP contribution in [0, 0.1) is 23.1 Å². The van der Waals surface area contributed by atoms with Crippen molar-refractivity contribution in [1.82, 2.24) is 0 Å². The molecule has 3 nitrogen and oxygen atoms in total. The molecular formula is C13H10NO2. The van der Waals surface area contributed by atoms with Crippen molar-refractivity contribution in [3.63, 3.8) is 0 Å². The van der Waals surface area contributed by atoms with Crippen LogP contribution in [0.3, 0.4) is 0 Å². The summed E-state index contributed by atoms with van der Waals surface area (Å²) in [6.45, 7) is 1.85. The Hall–Kier alpha value is -2.16. The fourth-order valence-corrected chi connectivity index (χ4v) is 1.61. The van der Waals surface area contributed by atoms with Gasteiger partial charge in [0.15, 0.2) is 0 Å². The van der Waals surface area contributed by atoms with Crippen LogP contribution in [0.15, 0.2) is 42.5 Å². The van der Waals surface area contributed by atoms with Gasteiger partial charge in [-0.15, -0.1) is 0 Å². The van der Waals surface area contributed by atoms with Gasteiger partial charge in [-0.05, 0) is 35.7 Å². The topological polar surface area (TPSA) is 43.1 Å². The van der Waals surface area contributed by atoms with Crippen LogP contribution in [-0.2, 0) is 0 Å². The van der Waals surface area contributed by atoms with E-state index in [2.05, 4.69) is 6.07 Å². The minimum absolute atomic E-state index is 0.124. The van der Waals surface area contributed by atoms with E-state index < -0.39 is 0 Å². The molecular weight excluding hydrogens is 202 g/mol. The number of benzene rings is 2. The van der Waals surface area contributed by atoms with Gasteiger partial charge < -0.3 is 0 Å². The molecule has 0 aliphatic carbocycles. The zero-order valence-corrected chi connectivity index (χ0v) is 8.81. The van der Waals surface area contributed by atoms with Crippen LogP contribution >= 0.6 is 0 Å². The minimum atomic E-state index is -0.372. The summed E-state index contributed by atoms with van der Waals surface area (Å²) < 4.78 is 0. The quantitative estimate of drug-likeness (QED) is 0.565. The Morgan fingerprint density at radius 1 is 1.25 bits per heavy atom. The molecule has 0 saturated carbocycles. The van der Waals surface area contributed by atoms with E-state index in [-0.39, 0.29) is 10.6 Å². The van der Waals surface area contributed by atoms with E-state index >= 15 is 0 Å². The third-order valence-electron chi connectivity index (χ3n) is 2.31. The summed E-state index contributed by atoms with van der Waals surface area (Å²) in [5.74, 6) is 0. The zero-order chi connectivity index (χ0) is 11.5. The van der Waals surface area contributed by atoms with Crippen LogP contribution in [0.4, 0.5) is 5.69 Å². The summed E-state index contributed by atoms with van der Waals surface area (Å²) in [6.07, 6.45) is 0. The summed E-state index contributed by atoms with van der Waals surface area (Å²) in [5, 5.41) is 10.7. The van der Waals surface area contributed by atoms with Crippen molar-refractivity contribution in [1.29, 1.82) is 0 Å². The van der Waals surface area contributed by atoms with E-state index in [1.807, 2.05) is 31.2 Å². The number of nitro groups is 1. The van der Waals surface area contributed by atoms with E-state index in [0.29, 0.717) is 0 Å². The molecule has 0 saturated heterocycles. The molecule has 2 rings (SSSR count). The average molecular weight is 212 g/mol. The van der Waals surface area contributed by atoms with E-state index in [1.165, 1.54) is 0 Å². The SMILES string of the molecule is Cc1cc(-c2c[c]ccc2)cc([N+](=O)[O-])c1. The lowest BCUT2D eigenvalue weighted by Crippen LogP contribution is -1.90. The van der Waals surface area contributed by atoms with E-state index in [0.717, 1.165) is 16.7 Å². The van der Waals surface area contributed by atoms with Gasteiger partial charge >= 0.3 is 0 Å². The van der Waals surface area contributed by atoms with Crippen LogP contribution in [0.25, 0.3) is 11.1 Å². The number of non-ortho nitro benzene ring substituents is 1. The second-order valence-corrected chi connectivity index (χ2v) is 3.61. The second kappa shape index (κ2) is 4.14. The van der Waals surface area contributed by atoms with Crippen LogP contribution < -0.4 is 0 Å². The smallest absolute Gasteiger partial charge is 0.258 e. The third-order valence-corrected chi connectivity index (χ3v) is 2.31. The van der Waals surface area contributed by atoms with Crippen LogP contribution in [0.5, 0.6) is 0 Å². The first-order chi connectivity index (χ1) is 7.66. The first-order valence-corrected chi connectivity index (χ1v) is 4.89. The van der Waals surface area contributed by atoms with E-state index in [9.17, 15) is 10.1 Å². The molecule has 0 aliphatic heterocycles. The monoisotopic (exact) mass is 212 g/mol. The standard InChI is InChI=1S/C13H10NO2/c1-10-7-12(9-13(8-10)14(15)16)11-5-3-2-4-6-11/h2-3,5-9H,1H3. The molecule has 0 aromatic heterocycles. The maximum atomic E-state index is 10.7. The van der Waals surface area contributed by atoms with Gasteiger partial charge in [0.1, 0.15) is 0 Å². The molecule has 0 N–H and O–H groups in total. The summed E-state index contributed by atoms with van der Waals surface area (Å²) in [6, 6.07) is 15.4. The van der Waals surface area contributed by atoms with Gasteiger partial charge in [0, 0.05) is 12.1 Å². The van der Waals surface area contributed by atoms with Crippen molar-refractivity contribution >= 4 is 5.69 Å². The molecule has 0 atom stereocenters. The summed E-state index contributed by atoms with van der Waals surface area (Å²) in [5.41, 5.74) is 2.80. The van der Waals surface area contributed by atoms with Crippen molar-refractivity contribution in [2.75, 3.05) is 0 Å². The lowest BCUT2D eigenvalue weighted by atomic mass is 10.0. The predicted octanol–water partition coefficient (Wildman–Crippen LogP) is 3.37. The van der Waals surface area contributed by atoms with Crippen molar-refractivity contribution in [2.45, 2.75) is 6.92 Å². The predicted molar refractivity (Wildman–Crippen MR) is 62.1 cm³/mol. The molecule has 0 heterocycles. The summed E-state index contributed by atoms with van der Waals surface area (Å²) in [7, 11) is 0. The molecule has 0 unspecified atom stereocenters. The highest BCUT2D eigenvalue weighted by atomic mass is 16.6. The number of hydrogen-bond donors (Lipinski definition) is 0. The molecule has 0 amide bonds. The van der Waals surface area contributed by atoms with Crippen molar-refractivity contribution in [3.8, 4) is 11.1 Å². The van der Waals surface area contributed by atoms with Crippen LogP contribution in [0.1, 0.15) is 5.56 Å². The molecule has 1 radical (unpaired) electrons. The molecule has 0 bridgehead atoms. The normalized spacial score (nSPS) is 10.1. The second-order valence-electron chi connectivity index (χ2n) is 3.61. The molecule has 0 fully saturated rings. The molecule has 2 aromatic rings. The first-order valence-electron chi connectivity index (χ1n) is 4.89. The van der Waals surface area contributed by atoms with Crippen molar-refractivity contribution < 1.29 is 4.92 Å². The Bertz CT molecular complexity index is 521. The highest BCUT2D eigenvalue weighted by Crippen LogP contribution is 2.25. The van der Waals surface area contributed by atoms with Gasteiger partial charge in [0.2, 0.25) is 0 Å². The number of nitro benzene ring substituents is 1. The Morgan fingerprint density at radius 2 is 2.06 bits per heavy atom. The Morgan fingerprint density at radius 3 is 2.69 bits per heavy atom. The Kier molecular flexibility index (Phi) is 2.68. The van der Waals surface area contributed by atoms with Crippen LogP contribution in [0.2, 0.25) is 0 Å². The molecule has 3 heteroatoms. The molecule has 16 heavy (non-hydrogen) atoms. The highest BCUT2D eigenvalue weighted by Gasteiger charge is 2.08. The van der Waals surface area contributed by atoms with E-state index in [4.69, 9.17) is 0 Å². The molecule has 0 aliphatic rings. The maximum Gasteiger partial charge on any atom is 0.270 e. The van der Waals surface area contributed by atoms with Crippen molar-refractivity contribution in [3.05, 3.63) is 64.2 Å². The largest absolute Gasteiger partial charge is 0.270 e. The fraction of sp³-hybridized carbons (Fsp3) is 0.0769. The molecule has 2 aromatic carbocycles. The number of nitrogens with zero attached hydrogens (tertiary/aromatic N) is 1. The van der Waals surface area contributed by atoms with E-state index in [1.54, 1.807) is 18.2 Å². The van der Waals surface area contributed by atoms with Gasteiger partial charge in [0.25, 0.3) is 5.69 Å². The van der Waals surface area contributed by atoms with Gasteiger partial charge in [-0.3, -0.25) is 10.1 Å². The lowest BCUT2D eigenvalue weighted by Gasteiger charge is -2.02. The zero-order valence-electron chi connectivity index (χ0n) is 8.81. The van der Waals surface area contributed by atoms with Crippen LogP contribution in [-0.4, -0.2) is 4.92 Å². The maximum absolute atomic E-state index is 10.7. The number of hydrogen-bond acceptors (Lipinski definition) is 2. The summed E-state index contributed by atoms with van der Waals surface area (Å²) in [4.78, 5) is 10.4. The van der Waals surface area contributed by atoms with Crippen molar-refractivity contribution in [2.24, 2.45) is 0 Å². The number of rotatable bonds is 2. The summed E-state index contributed by atoms with van der Waals surface area (Å²) >= 11 is 0.